The molecule has 7 N–H and O–H groups in total. The summed E-state index contributed by atoms with van der Waals surface area (Å²) in [6.07, 6.45) is -5.70. The lowest BCUT2D eigenvalue weighted by atomic mass is 10.1. The van der Waals surface area contributed by atoms with Gasteiger partial charge in [0.1, 0.15) is 24.1 Å². The number of phenols is 1. The van der Waals surface area contributed by atoms with E-state index in [1.165, 1.54) is 0 Å². The van der Waals surface area contributed by atoms with E-state index in [2.05, 4.69) is 13.1 Å². The van der Waals surface area contributed by atoms with Crippen LogP contribution in [0.3, 0.4) is 0 Å². The zero-order valence-corrected chi connectivity index (χ0v) is 19.8. The first kappa shape index (κ1) is 27.6. The number of aliphatic hydroxyl groups excluding tert-OH is 2. The maximum Gasteiger partial charge on any atom is 0.488 e. The molecule has 20 heteroatoms. The highest BCUT2D eigenvalue weighted by molar-refractivity contribution is 7.71. The highest BCUT2D eigenvalue weighted by atomic mass is 31.3. The van der Waals surface area contributed by atoms with Crippen molar-refractivity contribution >= 4 is 28.5 Å². The van der Waals surface area contributed by atoms with E-state index in [9.17, 15) is 53.3 Å². The van der Waals surface area contributed by atoms with Crippen molar-refractivity contribution in [3.63, 3.8) is 0 Å². The van der Waals surface area contributed by atoms with Crippen LogP contribution >= 0.6 is 23.2 Å². The zero-order chi connectivity index (χ0) is 26.2. The summed E-state index contributed by atoms with van der Waals surface area (Å²) in [5, 5.41) is 28.9. The molecular weight excluding hydrogens is 541 g/mol. The van der Waals surface area contributed by atoms with Crippen LogP contribution in [0, 0.1) is 0 Å². The van der Waals surface area contributed by atoms with Gasteiger partial charge in [-0.15, -0.1) is 0 Å². The highest BCUT2D eigenvalue weighted by Crippen LogP contribution is 2.67. The number of nitrogens with zero attached hydrogens (tertiary/aromatic N) is 1. The van der Waals surface area contributed by atoms with Gasteiger partial charge in [0.05, 0.1) is 11.9 Å². The Morgan fingerprint density at radius 3 is 2.17 bits per heavy atom. The van der Waals surface area contributed by atoms with Crippen LogP contribution in [0.4, 0.5) is 0 Å². The minimum absolute atomic E-state index is 0.292. The van der Waals surface area contributed by atoms with Gasteiger partial charge in [-0.1, -0.05) is 0 Å². The largest absolute Gasteiger partial charge is 0.508 e. The summed E-state index contributed by atoms with van der Waals surface area (Å²) in [5.41, 5.74) is -1.74. The number of hydrogen-bond acceptors (Lipinski definition) is 12. The van der Waals surface area contributed by atoms with E-state index in [1.807, 2.05) is 4.98 Å². The van der Waals surface area contributed by atoms with Gasteiger partial charge in [0.25, 0.3) is 5.56 Å². The molecule has 2 aromatic rings. The number of aromatic hydroxyl groups is 1. The predicted molar refractivity (Wildman–Crippen MR) is 113 cm³/mol. The normalized spacial score (nSPS) is 27.6. The number of aromatic nitrogens is 2. The second-order valence-electron chi connectivity index (χ2n) is 7.00. The summed E-state index contributed by atoms with van der Waals surface area (Å²) in [6, 6.07) is 4.65. The van der Waals surface area contributed by atoms with Crippen LogP contribution in [0.1, 0.15) is 6.23 Å². The molecule has 0 amide bonds. The number of aromatic amines is 1. The van der Waals surface area contributed by atoms with Crippen molar-refractivity contribution < 1.29 is 61.6 Å². The van der Waals surface area contributed by atoms with E-state index in [-0.39, 0.29) is 5.75 Å². The van der Waals surface area contributed by atoms with Crippen LogP contribution in [-0.4, -0.2) is 64.5 Å². The summed E-state index contributed by atoms with van der Waals surface area (Å²) in [4.78, 5) is 54.2. The molecule has 3 rings (SSSR count). The van der Waals surface area contributed by atoms with Gasteiger partial charge in [-0.05, 0) is 24.3 Å². The minimum atomic E-state index is -5.72. The first-order chi connectivity index (χ1) is 16.1. The summed E-state index contributed by atoms with van der Waals surface area (Å²) >= 11 is 0. The molecule has 1 aromatic heterocycles. The number of phosphoric acid groups is 2. The molecular formula is C15H19N2O15P3. The van der Waals surface area contributed by atoms with E-state index in [0.29, 0.717) is 0 Å². The van der Waals surface area contributed by atoms with Crippen molar-refractivity contribution in [2.45, 2.75) is 24.5 Å². The Labute approximate surface area is 194 Å². The lowest BCUT2D eigenvalue weighted by molar-refractivity contribution is -0.0542. The quantitative estimate of drug-likeness (QED) is 0.174. The number of rotatable bonds is 9. The Kier molecular flexibility index (Phi) is 8.04. The highest BCUT2D eigenvalue weighted by Gasteiger charge is 2.47. The number of aliphatic hydroxyl groups is 2. The van der Waals surface area contributed by atoms with Gasteiger partial charge >= 0.3 is 28.9 Å². The third-order valence-electron chi connectivity index (χ3n) is 4.46. The van der Waals surface area contributed by atoms with Crippen LogP contribution in [-0.2, 0) is 31.6 Å². The number of phosphoric ester groups is 1. The van der Waals surface area contributed by atoms with Gasteiger partial charge in [0.15, 0.2) is 6.23 Å². The smallest absolute Gasteiger partial charge is 0.488 e. The summed E-state index contributed by atoms with van der Waals surface area (Å²) in [6.45, 7) is -1.03. The molecule has 1 fully saturated rings. The number of hydrogen-bond donors (Lipinski definition) is 7. The van der Waals surface area contributed by atoms with Crippen molar-refractivity contribution in [1.82, 2.24) is 9.55 Å². The average Bonchev–Trinajstić information content (AvgIpc) is 2.99. The van der Waals surface area contributed by atoms with Crippen LogP contribution in [0.15, 0.2) is 46.1 Å². The monoisotopic (exact) mass is 560 g/mol. The lowest BCUT2D eigenvalue weighted by Gasteiger charge is -2.20. The summed E-state index contributed by atoms with van der Waals surface area (Å²) < 4.78 is 54.8. The number of benzene rings is 1. The maximum absolute atomic E-state index is 12.2. The molecule has 194 valence electrons. The van der Waals surface area contributed by atoms with E-state index in [4.69, 9.17) is 4.74 Å². The van der Waals surface area contributed by atoms with Gasteiger partial charge in [0, 0.05) is 12.3 Å². The van der Waals surface area contributed by atoms with Gasteiger partial charge in [-0.2, -0.15) is 4.31 Å². The van der Waals surface area contributed by atoms with Crippen molar-refractivity contribution in [3.05, 3.63) is 57.4 Å². The first-order valence-corrected chi connectivity index (χ1v) is 13.9. The van der Waals surface area contributed by atoms with Crippen molar-refractivity contribution in [2.75, 3.05) is 6.61 Å². The van der Waals surface area contributed by atoms with Gasteiger partial charge in [-0.3, -0.25) is 23.4 Å². The first-order valence-electron chi connectivity index (χ1n) is 9.28. The fourth-order valence-electron chi connectivity index (χ4n) is 2.89. The van der Waals surface area contributed by atoms with Crippen molar-refractivity contribution in [2.24, 2.45) is 0 Å². The Morgan fingerprint density at radius 2 is 1.57 bits per heavy atom. The maximum atomic E-state index is 12.2. The van der Waals surface area contributed by atoms with E-state index in [0.717, 1.165) is 41.1 Å². The Balaban J connectivity index is 1.64. The van der Waals surface area contributed by atoms with Gasteiger partial charge in [0.2, 0.25) is 0 Å². The molecule has 1 aromatic carbocycles. The number of nitrogens with one attached hydrogen (secondary N) is 1. The molecule has 0 saturated carbocycles. The topological polar surface area (TPSA) is 264 Å². The number of phenolic OH excluding ortho intramolecular Hbond substituents is 1. The minimum Gasteiger partial charge on any atom is -0.508 e. The molecule has 1 saturated heterocycles. The predicted octanol–water partition coefficient (Wildman–Crippen LogP) is -1.38. The summed E-state index contributed by atoms with van der Waals surface area (Å²) in [7, 11) is -16.3. The Morgan fingerprint density at radius 1 is 0.943 bits per heavy atom. The van der Waals surface area contributed by atoms with Gasteiger partial charge in [-0.25, -0.2) is 18.2 Å². The number of ether oxygens (including phenoxy) is 1. The second-order valence-corrected chi connectivity index (χ2v) is 12.0. The molecule has 7 atom stereocenters. The number of H-pyrrole nitrogens is 1. The lowest BCUT2D eigenvalue weighted by Crippen LogP contribution is -2.37. The SMILES string of the molecule is O=c1ccn(C2OC(COP(=O)(O)OP(=O)(O)OP(=O)(O)c3ccc(O)cc3)C(O)C2O)c(=O)[nH]1. The molecule has 0 bridgehead atoms. The molecule has 17 nitrogen and oxygen atoms in total. The van der Waals surface area contributed by atoms with E-state index < -0.39 is 70.9 Å². The molecule has 0 radical (unpaired) electrons. The molecule has 0 aliphatic carbocycles. The fraction of sp³-hybridized carbons (Fsp3) is 0.333. The molecule has 7 unspecified atom stereocenters. The van der Waals surface area contributed by atoms with Crippen LogP contribution < -0.4 is 16.6 Å². The van der Waals surface area contributed by atoms with E-state index >= 15 is 0 Å². The Bertz CT molecular complexity index is 1320. The molecule has 0 spiro atoms. The van der Waals surface area contributed by atoms with E-state index in [1.54, 1.807) is 0 Å². The zero-order valence-electron chi connectivity index (χ0n) is 17.1. The molecule has 2 heterocycles. The second kappa shape index (κ2) is 10.2. The third-order valence-corrected chi connectivity index (χ3v) is 9.25. The standard InChI is InChI=1S/C15H19N2O15P3/c18-8-1-3-9(4-2-8)33(23,24)31-35(27,28)32-34(25,26)29-7-10-12(20)13(21)14(30-10)17-6-5-11(19)16-15(17)22/h1-6,10,12-14,18,20-21H,7H2,(H,23,24)(H,25,26)(H,27,28)(H,16,19,22). The van der Waals surface area contributed by atoms with Crippen LogP contribution in [0.2, 0.25) is 0 Å². The van der Waals surface area contributed by atoms with Crippen molar-refractivity contribution in [1.29, 1.82) is 0 Å². The molecule has 1 aliphatic heterocycles. The third kappa shape index (κ3) is 6.83. The van der Waals surface area contributed by atoms with Crippen LogP contribution in [0.5, 0.6) is 5.75 Å². The van der Waals surface area contributed by atoms with Crippen LogP contribution in [0.25, 0.3) is 0 Å². The average molecular weight is 560 g/mol. The molecule has 35 heavy (non-hydrogen) atoms. The Hall–Kier alpha value is -1.97. The molecule has 1 aliphatic rings. The fourth-order valence-corrected chi connectivity index (χ4v) is 6.87. The summed E-state index contributed by atoms with van der Waals surface area (Å²) in [5.74, 6) is -0.292. The van der Waals surface area contributed by atoms with Crippen molar-refractivity contribution in [3.8, 4) is 5.75 Å². The van der Waals surface area contributed by atoms with Gasteiger partial charge < -0.3 is 34.7 Å².